The maximum atomic E-state index is 12.5. The summed E-state index contributed by atoms with van der Waals surface area (Å²) in [6, 6.07) is 18.8. The number of anilines is 2. The van der Waals surface area contributed by atoms with Crippen molar-refractivity contribution in [2.24, 2.45) is 0 Å². The molecule has 0 bridgehead atoms. The number of amides is 1. The molecule has 5 heteroatoms. The molecule has 3 aromatic carbocycles. The van der Waals surface area contributed by atoms with Crippen LogP contribution in [0.5, 0.6) is 5.75 Å². The topological polar surface area (TPSA) is 50.4 Å². The van der Waals surface area contributed by atoms with Crippen LogP contribution in [0.1, 0.15) is 6.92 Å². The molecule has 0 heterocycles. The Balaban J connectivity index is 1.72. The highest BCUT2D eigenvalue weighted by Crippen LogP contribution is 2.28. The van der Waals surface area contributed by atoms with Crippen LogP contribution in [0.25, 0.3) is 10.8 Å². The third kappa shape index (κ3) is 4.03. The molecule has 2 N–H and O–H groups in total. The van der Waals surface area contributed by atoms with Crippen molar-refractivity contribution in [2.75, 3.05) is 17.7 Å². The Morgan fingerprint density at radius 2 is 1.80 bits per heavy atom. The molecule has 1 amide bonds. The quantitative estimate of drug-likeness (QED) is 0.682. The molecule has 128 valence electrons. The third-order valence-electron chi connectivity index (χ3n) is 3.95. The van der Waals surface area contributed by atoms with Crippen LogP contribution in [0.2, 0.25) is 5.02 Å². The molecule has 0 radical (unpaired) electrons. The molecule has 0 aliphatic heterocycles. The van der Waals surface area contributed by atoms with Gasteiger partial charge in [-0.3, -0.25) is 4.79 Å². The van der Waals surface area contributed by atoms with Gasteiger partial charge in [0.2, 0.25) is 5.91 Å². The van der Waals surface area contributed by atoms with Gasteiger partial charge in [-0.05, 0) is 48.0 Å². The zero-order chi connectivity index (χ0) is 17.8. The lowest BCUT2D eigenvalue weighted by atomic mass is 10.1. The van der Waals surface area contributed by atoms with Gasteiger partial charge in [0.15, 0.2) is 0 Å². The molecule has 3 rings (SSSR count). The first-order valence-corrected chi connectivity index (χ1v) is 8.34. The van der Waals surface area contributed by atoms with Crippen LogP contribution in [-0.2, 0) is 4.79 Å². The summed E-state index contributed by atoms with van der Waals surface area (Å²) in [6.07, 6.45) is 0. The first-order valence-electron chi connectivity index (χ1n) is 7.96. The van der Waals surface area contributed by atoms with E-state index in [2.05, 4.69) is 16.7 Å². The minimum Gasteiger partial charge on any atom is -0.495 e. The number of carbonyl (C=O) groups excluding carboxylic acids is 1. The number of methoxy groups -OCH3 is 1. The lowest BCUT2D eigenvalue weighted by Gasteiger charge is -2.17. The van der Waals surface area contributed by atoms with Crippen LogP contribution in [0.4, 0.5) is 11.4 Å². The third-order valence-corrected chi connectivity index (χ3v) is 4.18. The Morgan fingerprint density at radius 1 is 1.04 bits per heavy atom. The second kappa shape index (κ2) is 7.45. The number of fused-ring (bicyclic) bond motifs is 1. The number of carbonyl (C=O) groups is 1. The molecule has 0 saturated heterocycles. The van der Waals surface area contributed by atoms with Gasteiger partial charge in [0.05, 0.1) is 12.8 Å². The van der Waals surface area contributed by atoms with Gasteiger partial charge in [0.25, 0.3) is 0 Å². The number of halogens is 1. The van der Waals surface area contributed by atoms with Crippen LogP contribution in [0, 0.1) is 0 Å². The van der Waals surface area contributed by atoms with Crippen LogP contribution in [-0.4, -0.2) is 19.1 Å². The van der Waals surface area contributed by atoms with Gasteiger partial charge in [-0.1, -0.05) is 41.9 Å². The fraction of sp³-hybridized carbons (Fsp3) is 0.150. The van der Waals surface area contributed by atoms with Gasteiger partial charge < -0.3 is 15.4 Å². The van der Waals surface area contributed by atoms with Crippen molar-refractivity contribution in [1.29, 1.82) is 0 Å². The van der Waals surface area contributed by atoms with E-state index in [-0.39, 0.29) is 5.91 Å². The molecule has 0 saturated carbocycles. The molecule has 0 aliphatic rings. The summed E-state index contributed by atoms with van der Waals surface area (Å²) in [5.74, 6) is 0.393. The molecular weight excluding hydrogens is 336 g/mol. The number of ether oxygens (including phenoxy) is 1. The standard InChI is InChI=1S/C20H19ClN2O2/c1-13(20(24)23-18-12-16(21)8-10-19(18)25-2)22-17-9-7-14-5-3-4-6-15(14)11-17/h3-13,22H,1-2H3,(H,23,24)/t13-/m1/s1. The Hall–Kier alpha value is -2.72. The molecule has 0 aromatic heterocycles. The Morgan fingerprint density at radius 3 is 2.56 bits per heavy atom. The van der Waals surface area contributed by atoms with Gasteiger partial charge in [-0.2, -0.15) is 0 Å². The fourth-order valence-electron chi connectivity index (χ4n) is 2.61. The van der Waals surface area contributed by atoms with E-state index in [1.54, 1.807) is 25.3 Å². The van der Waals surface area contributed by atoms with Gasteiger partial charge in [0, 0.05) is 10.7 Å². The molecule has 0 spiro atoms. The smallest absolute Gasteiger partial charge is 0.246 e. The summed E-state index contributed by atoms with van der Waals surface area (Å²) in [4.78, 5) is 12.5. The van der Waals surface area contributed by atoms with Crippen LogP contribution >= 0.6 is 11.6 Å². The zero-order valence-electron chi connectivity index (χ0n) is 14.0. The molecule has 25 heavy (non-hydrogen) atoms. The highest BCUT2D eigenvalue weighted by Gasteiger charge is 2.15. The zero-order valence-corrected chi connectivity index (χ0v) is 14.8. The lowest BCUT2D eigenvalue weighted by molar-refractivity contribution is -0.116. The first-order chi connectivity index (χ1) is 12.1. The van der Waals surface area contributed by atoms with Gasteiger partial charge in [0.1, 0.15) is 11.8 Å². The number of hydrogen-bond acceptors (Lipinski definition) is 3. The summed E-state index contributed by atoms with van der Waals surface area (Å²) < 4.78 is 5.25. The van der Waals surface area contributed by atoms with Crippen LogP contribution < -0.4 is 15.4 Å². The van der Waals surface area contributed by atoms with Crippen LogP contribution in [0.3, 0.4) is 0 Å². The minimum absolute atomic E-state index is 0.172. The average Bonchev–Trinajstić information content (AvgIpc) is 2.61. The first kappa shape index (κ1) is 17.1. The number of benzene rings is 3. The second-order valence-corrected chi connectivity index (χ2v) is 6.20. The number of rotatable bonds is 5. The molecule has 0 unspecified atom stereocenters. The maximum absolute atomic E-state index is 12.5. The van der Waals surface area contributed by atoms with E-state index in [0.29, 0.717) is 16.5 Å². The number of nitrogens with one attached hydrogen (secondary N) is 2. The maximum Gasteiger partial charge on any atom is 0.246 e. The highest BCUT2D eigenvalue weighted by molar-refractivity contribution is 6.31. The van der Waals surface area contributed by atoms with Crippen molar-refractivity contribution in [2.45, 2.75) is 13.0 Å². The largest absolute Gasteiger partial charge is 0.495 e. The Bertz CT molecular complexity index is 911. The fourth-order valence-corrected chi connectivity index (χ4v) is 2.79. The van der Waals surface area contributed by atoms with Gasteiger partial charge in [-0.15, -0.1) is 0 Å². The van der Waals surface area contributed by atoms with Crippen molar-refractivity contribution in [1.82, 2.24) is 0 Å². The molecule has 0 aliphatic carbocycles. The summed E-state index contributed by atoms with van der Waals surface area (Å²) in [5.41, 5.74) is 1.44. The summed E-state index contributed by atoms with van der Waals surface area (Å²) >= 11 is 6.00. The lowest BCUT2D eigenvalue weighted by Crippen LogP contribution is -2.32. The van der Waals surface area contributed by atoms with Crippen molar-refractivity contribution in [3.8, 4) is 5.75 Å². The monoisotopic (exact) mass is 354 g/mol. The van der Waals surface area contributed by atoms with E-state index in [4.69, 9.17) is 16.3 Å². The minimum atomic E-state index is -0.426. The summed E-state index contributed by atoms with van der Waals surface area (Å²) in [5, 5.41) is 8.89. The Kier molecular flexibility index (Phi) is 5.10. The van der Waals surface area contributed by atoms with Gasteiger partial charge >= 0.3 is 0 Å². The molecule has 3 aromatic rings. The van der Waals surface area contributed by atoms with E-state index < -0.39 is 6.04 Å². The molecule has 1 atom stereocenters. The number of hydrogen-bond donors (Lipinski definition) is 2. The van der Waals surface area contributed by atoms with Gasteiger partial charge in [-0.25, -0.2) is 0 Å². The normalized spacial score (nSPS) is 11.8. The van der Waals surface area contributed by atoms with Crippen molar-refractivity contribution < 1.29 is 9.53 Å². The van der Waals surface area contributed by atoms with Crippen molar-refractivity contribution in [3.05, 3.63) is 65.7 Å². The second-order valence-electron chi connectivity index (χ2n) is 5.76. The van der Waals surface area contributed by atoms with E-state index in [1.165, 1.54) is 0 Å². The molecule has 4 nitrogen and oxygen atoms in total. The summed E-state index contributed by atoms with van der Waals surface area (Å²) in [7, 11) is 1.55. The van der Waals surface area contributed by atoms with E-state index >= 15 is 0 Å². The van der Waals surface area contributed by atoms with Crippen molar-refractivity contribution >= 4 is 39.7 Å². The summed E-state index contributed by atoms with van der Waals surface area (Å²) in [6.45, 7) is 1.81. The van der Waals surface area contributed by atoms with E-state index in [9.17, 15) is 4.79 Å². The van der Waals surface area contributed by atoms with E-state index in [0.717, 1.165) is 16.5 Å². The molecule has 0 fully saturated rings. The predicted octanol–water partition coefficient (Wildman–Crippen LogP) is 4.94. The van der Waals surface area contributed by atoms with Crippen molar-refractivity contribution in [3.63, 3.8) is 0 Å². The SMILES string of the molecule is COc1ccc(Cl)cc1NC(=O)[C@@H](C)Nc1ccc2ccccc2c1. The molecular formula is C20H19ClN2O2. The van der Waals surface area contributed by atoms with E-state index in [1.807, 2.05) is 43.3 Å². The van der Waals surface area contributed by atoms with Crippen LogP contribution in [0.15, 0.2) is 60.7 Å². The Labute approximate surface area is 151 Å². The highest BCUT2D eigenvalue weighted by atomic mass is 35.5. The average molecular weight is 355 g/mol. The predicted molar refractivity (Wildman–Crippen MR) is 104 cm³/mol.